The first-order chi connectivity index (χ1) is 11.0. The van der Waals surface area contributed by atoms with Gasteiger partial charge in [0.25, 0.3) is 0 Å². The number of rotatable bonds is 5. The molecule has 1 aliphatic rings. The molecule has 1 fully saturated rings. The van der Waals surface area contributed by atoms with Crippen molar-refractivity contribution in [3.63, 3.8) is 0 Å². The molecule has 0 aromatic heterocycles. The summed E-state index contributed by atoms with van der Waals surface area (Å²) in [6, 6.07) is 3.06. The standard InChI is InChI=1S/C17H22F2N2O2/c1-2-3-4-16(22)21-9-7-12(8-10-21)17(23)20-15-6-5-13(18)11-14(15)19/h5-6,11-12H,2-4,7-10H2,1H3,(H,20,23). The number of piperidine rings is 1. The van der Waals surface area contributed by atoms with Crippen molar-refractivity contribution in [2.45, 2.75) is 39.0 Å². The van der Waals surface area contributed by atoms with Gasteiger partial charge in [0.1, 0.15) is 11.6 Å². The molecule has 4 nitrogen and oxygen atoms in total. The number of nitrogens with one attached hydrogen (secondary N) is 1. The third-order valence-corrected chi connectivity index (χ3v) is 4.15. The summed E-state index contributed by atoms with van der Waals surface area (Å²) in [7, 11) is 0. The second-order valence-electron chi connectivity index (χ2n) is 5.87. The lowest BCUT2D eigenvalue weighted by Gasteiger charge is -2.31. The number of carbonyl (C=O) groups is 2. The Kier molecular flexibility index (Phi) is 6.07. The van der Waals surface area contributed by atoms with Crippen LogP contribution in [0.1, 0.15) is 39.0 Å². The van der Waals surface area contributed by atoms with Crippen molar-refractivity contribution in [1.29, 1.82) is 0 Å². The highest BCUT2D eigenvalue weighted by Gasteiger charge is 2.27. The quantitative estimate of drug-likeness (QED) is 0.903. The molecular formula is C17H22F2N2O2. The lowest BCUT2D eigenvalue weighted by atomic mass is 9.95. The average molecular weight is 324 g/mol. The SMILES string of the molecule is CCCCC(=O)N1CCC(C(=O)Nc2ccc(F)cc2F)CC1. The van der Waals surface area contributed by atoms with Gasteiger partial charge in [0.05, 0.1) is 5.69 Å². The maximum atomic E-state index is 13.6. The van der Waals surface area contributed by atoms with E-state index in [1.54, 1.807) is 4.90 Å². The van der Waals surface area contributed by atoms with Crippen LogP contribution in [0.3, 0.4) is 0 Å². The molecule has 2 amide bonds. The molecule has 126 valence electrons. The molecule has 1 aliphatic heterocycles. The number of amides is 2. The molecule has 0 spiro atoms. The maximum absolute atomic E-state index is 13.6. The maximum Gasteiger partial charge on any atom is 0.227 e. The Morgan fingerprint density at radius 3 is 2.57 bits per heavy atom. The second kappa shape index (κ2) is 8.04. The first-order valence-electron chi connectivity index (χ1n) is 8.05. The van der Waals surface area contributed by atoms with E-state index in [0.717, 1.165) is 25.0 Å². The Bertz CT molecular complexity index is 570. The molecular weight excluding hydrogens is 302 g/mol. The van der Waals surface area contributed by atoms with E-state index in [9.17, 15) is 18.4 Å². The summed E-state index contributed by atoms with van der Waals surface area (Å²) in [6.07, 6.45) is 3.53. The zero-order valence-corrected chi connectivity index (χ0v) is 13.3. The molecule has 2 rings (SSSR count). The fraction of sp³-hybridized carbons (Fsp3) is 0.529. The summed E-state index contributed by atoms with van der Waals surface area (Å²) in [5.74, 6) is -1.87. The minimum Gasteiger partial charge on any atom is -0.343 e. The topological polar surface area (TPSA) is 49.4 Å². The highest BCUT2D eigenvalue weighted by Crippen LogP contribution is 2.22. The van der Waals surface area contributed by atoms with Gasteiger partial charge in [0.2, 0.25) is 11.8 Å². The molecule has 1 aromatic rings. The van der Waals surface area contributed by atoms with Crippen molar-refractivity contribution >= 4 is 17.5 Å². The summed E-state index contributed by atoms with van der Waals surface area (Å²) in [5, 5.41) is 2.50. The first-order valence-corrected chi connectivity index (χ1v) is 8.05. The fourth-order valence-electron chi connectivity index (χ4n) is 2.70. The van der Waals surface area contributed by atoms with Gasteiger partial charge in [0, 0.05) is 31.5 Å². The van der Waals surface area contributed by atoms with Crippen LogP contribution in [0.25, 0.3) is 0 Å². The van der Waals surface area contributed by atoms with Crippen molar-refractivity contribution in [2.75, 3.05) is 18.4 Å². The van der Waals surface area contributed by atoms with E-state index in [0.29, 0.717) is 32.4 Å². The van der Waals surface area contributed by atoms with Crippen LogP contribution in [-0.4, -0.2) is 29.8 Å². The molecule has 1 N–H and O–H groups in total. The minimum atomic E-state index is -0.787. The Balaban J connectivity index is 1.85. The number of hydrogen-bond donors (Lipinski definition) is 1. The zero-order valence-electron chi connectivity index (χ0n) is 13.3. The van der Waals surface area contributed by atoms with E-state index in [1.807, 2.05) is 6.92 Å². The van der Waals surface area contributed by atoms with Crippen LogP contribution in [0, 0.1) is 17.6 Å². The van der Waals surface area contributed by atoms with Gasteiger partial charge in [-0.3, -0.25) is 9.59 Å². The molecule has 1 saturated heterocycles. The fourth-order valence-corrected chi connectivity index (χ4v) is 2.70. The number of likely N-dealkylation sites (tertiary alicyclic amines) is 1. The van der Waals surface area contributed by atoms with Crippen molar-refractivity contribution < 1.29 is 18.4 Å². The van der Waals surface area contributed by atoms with Crippen molar-refractivity contribution in [2.24, 2.45) is 5.92 Å². The minimum absolute atomic E-state index is 0.0159. The summed E-state index contributed by atoms with van der Waals surface area (Å²) >= 11 is 0. The number of anilines is 1. The van der Waals surface area contributed by atoms with E-state index in [2.05, 4.69) is 5.32 Å². The van der Waals surface area contributed by atoms with E-state index in [-0.39, 0.29) is 23.4 Å². The smallest absolute Gasteiger partial charge is 0.227 e. The van der Waals surface area contributed by atoms with Gasteiger partial charge < -0.3 is 10.2 Å². The predicted octanol–water partition coefficient (Wildman–Crippen LogP) is 3.33. The zero-order chi connectivity index (χ0) is 16.8. The van der Waals surface area contributed by atoms with Gasteiger partial charge >= 0.3 is 0 Å². The third kappa shape index (κ3) is 4.74. The lowest BCUT2D eigenvalue weighted by Crippen LogP contribution is -2.41. The number of hydrogen-bond acceptors (Lipinski definition) is 2. The van der Waals surface area contributed by atoms with Crippen LogP contribution >= 0.6 is 0 Å². The van der Waals surface area contributed by atoms with E-state index < -0.39 is 11.6 Å². The molecule has 0 bridgehead atoms. The van der Waals surface area contributed by atoms with Crippen molar-refractivity contribution in [3.05, 3.63) is 29.8 Å². The van der Waals surface area contributed by atoms with Crippen molar-refractivity contribution in [3.8, 4) is 0 Å². The monoisotopic (exact) mass is 324 g/mol. The van der Waals surface area contributed by atoms with Crippen LogP contribution in [0.2, 0.25) is 0 Å². The molecule has 23 heavy (non-hydrogen) atoms. The first kappa shape index (κ1) is 17.4. The van der Waals surface area contributed by atoms with Crippen LogP contribution in [0.4, 0.5) is 14.5 Å². The van der Waals surface area contributed by atoms with E-state index in [1.165, 1.54) is 6.07 Å². The molecule has 1 heterocycles. The normalized spacial score (nSPS) is 15.5. The van der Waals surface area contributed by atoms with Crippen molar-refractivity contribution in [1.82, 2.24) is 4.90 Å². The van der Waals surface area contributed by atoms with E-state index >= 15 is 0 Å². The largest absolute Gasteiger partial charge is 0.343 e. The average Bonchev–Trinajstić information content (AvgIpc) is 2.55. The Morgan fingerprint density at radius 1 is 1.26 bits per heavy atom. The molecule has 1 aromatic carbocycles. The molecule has 0 aliphatic carbocycles. The summed E-state index contributed by atoms with van der Waals surface area (Å²) in [5.41, 5.74) is -0.0159. The number of nitrogens with zero attached hydrogens (tertiary/aromatic N) is 1. The third-order valence-electron chi connectivity index (χ3n) is 4.15. The lowest BCUT2D eigenvalue weighted by molar-refractivity contribution is -0.134. The highest BCUT2D eigenvalue weighted by molar-refractivity contribution is 5.92. The van der Waals surface area contributed by atoms with Gasteiger partial charge in [-0.25, -0.2) is 8.78 Å². The van der Waals surface area contributed by atoms with Gasteiger partial charge in [0.15, 0.2) is 0 Å². The number of benzene rings is 1. The van der Waals surface area contributed by atoms with E-state index in [4.69, 9.17) is 0 Å². The van der Waals surface area contributed by atoms with Crippen LogP contribution in [0.5, 0.6) is 0 Å². The molecule has 0 saturated carbocycles. The number of unbranched alkanes of at least 4 members (excludes halogenated alkanes) is 1. The van der Waals surface area contributed by atoms with Gasteiger partial charge in [-0.15, -0.1) is 0 Å². The summed E-state index contributed by atoms with van der Waals surface area (Å²) in [4.78, 5) is 25.9. The molecule has 6 heteroatoms. The van der Waals surface area contributed by atoms with Gasteiger partial charge in [-0.1, -0.05) is 13.3 Å². The predicted molar refractivity (Wildman–Crippen MR) is 83.8 cm³/mol. The Morgan fingerprint density at radius 2 is 1.96 bits per heavy atom. The van der Waals surface area contributed by atoms with Crippen LogP contribution in [-0.2, 0) is 9.59 Å². The van der Waals surface area contributed by atoms with Crippen LogP contribution in [0.15, 0.2) is 18.2 Å². The van der Waals surface area contributed by atoms with Crippen LogP contribution < -0.4 is 5.32 Å². The number of halogens is 2. The molecule has 0 unspecified atom stereocenters. The second-order valence-corrected chi connectivity index (χ2v) is 5.87. The van der Waals surface area contributed by atoms with Gasteiger partial charge in [-0.05, 0) is 31.4 Å². The Labute approximate surface area is 134 Å². The highest BCUT2D eigenvalue weighted by atomic mass is 19.1. The number of carbonyl (C=O) groups excluding carboxylic acids is 2. The Hall–Kier alpha value is -1.98. The van der Waals surface area contributed by atoms with Gasteiger partial charge in [-0.2, -0.15) is 0 Å². The summed E-state index contributed by atoms with van der Waals surface area (Å²) < 4.78 is 26.4. The molecule has 0 atom stereocenters. The molecule has 0 radical (unpaired) electrons. The summed E-state index contributed by atoms with van der Waals surface area (Å²) in [6.45, 7) is 3.14.